The van der Waals surface area contributed by atoms with E-state index >= 15 is 0 Å². The predicted molar refractivity (Wildman–Crippen MR) is 69.4 cm³/mol. The summed E-state index contributed by atoms with van der Waals surface area (Å²) in [5, 5.41) is 0. The van der Waals surface area contributed by atoms with Crippen molar-refractivity contribution in [3.8, 4) is 0 Å². The van der Waals surface area contributed by atoms with E-state index in [0.717, 1.165) is 37.5 Å². The second kappa shape index (κ2) is 8.08. The van der Waals surface area contributed by atoms with E-state index in [1.807, 2.05) is 0 Å². The molecule has 2 nitrogen and oxygen atoms in total. The molecule has 2 N–H and O–H groups in total. The third kappa shape index (κ3) is 5.31. The van der Waals surface area contributed by atoms with Gasteiger partial charge in [-0.2, -0.15) is 0 Å². The van der Waals surface area contributed by atoms with Crippen molar-refractivity contribution in [2.24, 2.45) is 23.5 Å². The molecule has 1 saturated carbocycles. The van der Waals surface area contributed by atoms with E-state index in [-0.39, 0.29) is 0 Å². The van der Waals surface area contributed by atoms with Crippen molar-refractivity contribution < 1.29 is 4.74 Å². The Labute approximate surface area is 101 Å². The topological polar surface area (TPSA) is 35.2 Å². The van der Waals surface area contributed by atoms with Gasteiger partial charge in [0.25, 0.3) is 0 Å². The van der Waals surface area contributed by atoms with Gasteiger partial charge < -0.3 is 10.5 Å². The summed E-state index contributed by atoms with van der Waals surface area (Å²) in [6.07, 6.45) is 7.87. The molecule has 1 aliphatic carbocycles. The molecule has 96 valence electrons. The first-order chi connectivity index (χ1) is 7.74. The van der Waals surface area contributed by atoms with E-state index in [9.17, 15) is 0 Å². The van der Waals surface area contributed by atoms with Crippen LogP contribution in [0.15, 0.2) is 0 Å². The van der Waals surface area contributed by atoms with Crippen molar-refractivity contribution in [2.75, 3.05) is 19.8 Å². The molecule has 2 atom stereocenters. The lowest BCUT2D eigenvalue weighted by atomic mass is 9.80. The van der Waals surface area contributed by atoms with Gasteiger partial charge >= 0.3 is 0 Å². The number of hydrogen-bond donors (Lipinski definition) is 1. The fourth-order valence-corrected chi connectivity index (χ4v) is 2.64. The van der Waals surface area contributed by atoms with Gasteiger partial charge in [-0.15, -0.1) is 0 Å². The first kappa shape index (κ1) is 14.0. The SMILES string of the molecule is CC(C)CCCOCC1CCCCC1CN. The summed E-state index contributed by atoms with van der Waals surface area (Å²) in [4.78, 5) is 0. The Morgan fingerprint density at radius 1 is 1.19 bits per heavy atom. The van der Waals surface area contributed by atoms with Crippen LogP contribution in [0.3, 0.4) is 0 Å². The Bertz CT molecular complexity index is 170. The molecule has 0 radical (unpaired) electrons. The van der Waals surface area contributed by atoms with Gasteiger partial charge in [0, 0.05) is 13.2 Å². The van der Waals surface area contributed by atoms with Gasteiger partial charge in [0.1, 0.15) is 0 Å². The molecule has 0 saturated heterocycles. The van der Waals surface area contributed by atoms with Crippen molar-refractivity contribution in [1.29, 1.82) is 0 Å². The maximum absolute atomic E-state index is 5.81. The lowest BCUT2D eigenvalue weighted by Crippen LogP contribution is -2.30. The van der Waals surface area contributed by atoms with Crippen LogP contribution in [0.5, 0.6) is 0 Å². The highest BCUT2D eigenvalue weighted by molar-refractivity contribution is 4.75. The maximum atomic E-state index is 5.81. The van der Waals surface area contributed by atoms with Gasteiger partial charge in [-0.1, -0.05) is 26.7 Å². The summed E-state index contributed by atoms with van der Waals surface area (Å²) in [6.45, 7) is 7.27. The molecule has 1 rings (SSSR count). The zero-order valence-electron chi connectivity index (χ0n) is 11.1. The van der Waals surface area contributed by atoms with Crippen LogP contribution in [0.4, 0.5) is 0 Å². The Kier molecular flexibility index (Phi) is 7.06. The Morgan fingerprint density at radius 2 is 1.88 bits per heavy atom. The lowest BCUT2D eigenvalue weighted by molar-refractivity contribution is 0.0580. The van der Waals surface area contributed by atoms with Crippen LogP contribution in [-0.2, 0) is 4.74 Å². The smallest absolute Gasteiger partial charge is 0.0497 e. The standard InChI is InChI=1S/C14H29NO/c1-12(2)6-5-9-16-11-14-8-4-3-7-13(14)10-15/h12-14H,3-11,15H2,1-2H3. The first-order valence-electron chi connectivity index (χ1n) is 7.01. The van der Waals surface area contributed by atoms with E-state index in [1.54, 1.807) is 0 Å². The molecule has 0 aliphatic heterocycles. The number of rotatable bonds is 7. The molecule has 1 aliphatic rings. The van der Waals surface area contributed by atoms with Gasteiger partial charge in [0.15, 0.2) is 0 Å². The maximum Gasteiger partial charge on any atom is 0.0497 e. The quantitative estimate of drug-likeness (QED) is 0.678. The number of nitrogens with two attached hydrogens (primary N) is 1. The minimum atomic E-state index is 0.721. The van der Waals surface area contributed by atoms with Crippen LogP contribution in [0.1, 0.15) is 52.4 Å². The fraction of sp³-hybridized carbons (Fsp3) is 1.00. The average molecular weight is 227 g/mol. The van der Waals surface area contributed by atoms with Crippen LogP contribution in [0.25, 0.3) is 0 Å². The van der Waals surface area contributed by atoms with Crippen LogP contribution >= 0.6 is 0 Å². The minimum Gasteiger partial charge on any atom is -0.381 e. The highest BCUT2D eigenvalue weighted by atomic mass is 16.5. The van der Waals surface area contributed by atoms with Crippen LogP contribution in [-0.4, -0.2) is 19.8 Å². The van der Waals surface area contributed by atoms with E-state index in [2.05, 4.69) is 13.8 Å². The van der Waals surface area contributed by atoms with E-state index in [0.29, 0.717) is 0 Å². The fourth-order valence-electron chi connectivity index (χ4n) is 2.64. The molecule has 2 heteroatoms. The zero-order chi connectivity index (χ0) is 11.8. The minimum absolute atomic E-state index is 0.721. The molecule has 0 amide bonds. The molecule has 0 spiro atoms. The van der Waals surface area contributed by atoms with Gasteiger partial charge in [0.05, 0.1) is 0 Å². The highest BCUT2D eigenvalue weighted by Gasteiger charge is 2.23. The summed E-state index contributed by atoms with van der Waals surface area (Å²) in [5.74, 6) is 2.26. The largest absolute Gasteiger partial charge is 0.381 e. The third-order valence-corrected chi connectivity index (χ3v) is 3.77. The summed E-state index contributed by atoms with van der Waals surface area (Å²) >= 11 is 0. The summed E-state index contributed by atoms with van der Waals surface area (Å²) in [5.41, 5.74) is 5.81. The van der Waals surface area contributed by atoms with Crippen molar-refractivity contribution in [3.63, 3.8) is 0 Å². The molecule has 0 aromatic heterocycles. The van der Waals surface area contributed by atoms with Gasteiger partial charge in [-0.05, 0) is 50.0 Å². The molecule has 2 unspecified atom stereocenters. The van der Waals surface area contributed by atoms with Gasteiger partial charge in [-0.3, -0.25) is 0 Å². The third-order valence-electron chi connectivity index (χ3n) is 3.77. The molecule has 0 aromatic carbocycles. The van der Waals surface area contributed by atoms with Gasteiger partial charge in [0.2, 0.25) is 0 Å². The summed E-state index contributed by atoms with van der Waals surface area (Å²) in [6, 6.07) is 0. The van der Waals surface area contributed by atoms with Crippen molar-refractivity contribution in [3.05, 3.63) is 0 Å². The molecule has 0 heterocycles. The zero-order valence-corrected chi connectivity index (χ0v) is 11.1. The lowest BCUT2D eigenvalue weighted by Gasteiger charge is -2.30. The van der Waals surface area contributed by atoms with Crippen molar-refractivity contribution >= 4 is 0 Å². The van der Waals surface area contributed by atoms with Gasteiger partial charge in [-0.25, -0.2) is 0 Å². The van der Waals surface area contributed by atoms with Crippen LogP contribution in [0.2, 0.25) is 0 Å². The summed E-state index contributed by atoms with van der Waals surface area (Å²) < 4.78 is 5.80. The van der Waals surface area contributed by atoms with Crippen molar-refractivity contribution in [1.82, 2.24) is 0 Å². The van der Waals surface area contributed by atoms with Crippen molar-refractivity contribution in [2.45, 2.75) is 52.4 Å². The molecule has 0 aromatic rings. The average Bonchev–Trinajstić information content (AvgIpc) is 2.29. The Balaban J connectivity index is 2.06. The molecular formula is C14H29NO. The Morgan fingerprint density at radius 3 is 2.50 bits per heavy atom. The van der Waals surface area contributed by atoms with E-state index in [4.69, 9.17) is 10.5 Å². The molecule has 1 fully saturated rings. The second-order valence-corrected chi connectivity index (χ2v) is 5.65. The summed E-state index contributed by atoms with van der Waals surface area (Å²) in [7, 11) is 0. The monoisotopic (exact) mass is 227 g/mol. The Hall–Kier alpha value is -0.0800. The molecular weight excluding hydrogens is 198 g/mol. The van der Waals surface area contributed by atoms with E-state index in [1.165, 1.54) is 38.5 Å². The number of hydrogen-bond acceptors (Lipinski definition) is 2. The number of ether oxygens (including phenoxy) is 1. The highest BCUT2D eigenvalue weighted by Crippen LogP contribution is 2.29. The second-order valence-electron chi connectivity index (χ2n) is 5.65. The normalized spacial score (nSPS) is 26.2. The first-order valence-corrected chi connectivity index (χ1v) is 7.01. The molecule has 16 heavy (non-hydrogen) atoms. The van der Waals surface area contributed by atoms with E-state index < -0.39 is 0 Å². The molecule has 0 bridgehead atoms. The van der Waals surface area contributed by atoms with Crippen LogP contribution in [0, 0.1) is 17.8 Å². The van der Waals surface area contributed by atoms with Crippen LogP contribution < -0.4 is 5.73 Å². The predicted octanol–water partition coefficient (Wildman–Crippen LogP) is 3.20.